The van der Waals surface area contributed by atoms with Crippen molar-refractivity contribution < 1.29 is 14.4 Å². The van der Waals surface area contributed by atoms with E-state index in [2.05, 4.69) is 0 Å². The highest BCUT2D eigenvalue weighted by Crippen LogP contribution is 2.37. The standard InChI is InChI=1S/C21H15ClN2O3S2/c1-12-2-8-15(9-3-12)23-18(25)11-16(19(23)26)24-20(27)17(29-21(24)28)10-13-4-6-14(22)7-5-13/h2-10,16H,11H2,1H3/b17-10+/t16-/m0/s1. The fourth-order valence-electron chi connectivity index (χ4n) is 3.24. The third kappa shape index (κ3) is 3.73. The topological polar surface area (TPSA) is 57.7 Å². The maximum Gasteiger partial charge on any atom is 0.266 e. The minimum atomic E-state index is -0.924. The number of thioether (sulfide) groups is 1. The average molecular weight is 443 g/mol. The van der Waals surface area contributed by atoms with Gasteiger partial charge in [-0.15, -0.1) is 0 Å². The van der Waals surface area contributed by atoms with Crippen LogP contribution in [0.1, 0.15) is 17.5 Å². The zero-order valence-corrected chi connectivity index (χ0v) is 17.7. The molecule has 2 saturated heterocycles. The first-order chi connectivity index (χ1) is 13.8. The Labute approximate surface area is 182 Å². The van der Waals surface area contributed by atoms with Gasteiger partial charge in [0.2, 0.25) is 5.91 Å². The van der Waals surface area contributed by atoms with Gasteiger partial charge in [0.1, 0.15) is 10.4 Å². The van der Waals surface area contributed by atoms with Crippen LogP contribution in [0.15, 0.2) is 53.4 Å². The van der Waals surface area contributed by atoms with Crippen LogP contribution < -0.4 is 4.90 Å². The monoisotopic (exact) mass is 442 g/mol. The van der Waals surface area contributed by atoms with Crippen molar-refractivity contribution in [2.75, 3.05) is 4.90 Å². The number of halogens is 1. The predicted molar refractivity (Wildman–Crippen MR) is 119 cm³/mol. The maximum absolute atomic E-state index is 13.0. The Hall–Kier alpha value is -2.48. The molecule has 146 valence electrons. The lowest BCUT2D eigenvalue weighted by molar-refractivity contribution is -0.129. The van der Waals surface area contributed by atoms with Crippen LogP contribution in [0.3, 0.4) is 0 Å². The first kappa shape index (κ1) is 19.8. The summed E-state index contributed by atoms with van der Waals surface area (Å²) in [5, 5.41) is 0.598. The molecule has 2 fully saturated rings. The van der Waals surface area contributed by atoms with Gasteiger partial charge in [0, 0.05) is 5.02 Å². The summed E-state index contributed by atoms with van der Waals surface area (Å²) in [6.45, 7) is 1.92. The largest absolute Gasteiger partial charge is 0.280 e. The van der Waals surface area contributed by atoms with Crippen molar-refractivity contribution in [3.8, 4) is 0 Å². The molecule has 0 saturated carbocycles. The van der Waals surface area contributed by atoms with E-state index in [0.29, 0.717) is 15.6 Å². The molecule has 5 nitrogen and oxygen atoms in total. The van der Waals surface area contributed by atoms with E-state index in [4.69, 9.17) is 23.8 Å². The van der Waals surface area contributed by atoms with Crippen molar-refractivity contribution in [2.24, 2.45) is 0 Å². The van der Waals surface area contributed by atoms with Crippen LogP contribution in [0, 0.1) is 6.92 Å². The summed E-state index contributed by atoms with van der Waals surface area (Å²) in [6, 6.07) is 13.2. The summed E-state index contributed by atoms with van der Waals surface area (Å²) in [4.78, 5) is 41.3. The number of thiocarbonyl (C=S) groups is 1. The molecular formula is C21H15ClN2O3S2. The summed E-state index contributed by atoms with van der Waals surface area (Å²) in [7, 11) is 0. The van der Waals surface area contributed by atoms with E-state index in [0.717, 1.165) is 27.8 Å². The van der Waals surface area contributed by atoms with E-state index in [-0.39, 0.29) is 22.6 Å². The first-order valence-corrected chi connectivity index (χ1v) is 10.4. The summed E-state index contributed by atoms with van der Waals surface area (Å²) < 4.78 is 0.270. The van der Waals surface area contributed by atoms with Gasteiger partial charge in [0.15, 0.2) is 0 Å². The fraction of sp³-hybridized carbons (Fsp3) is 0.143. The fourth-order valence-corrected chi connectivity index (χ4v) is 4.72. The van der Waals surface area contributed by atoms with Crippen molar-refractivity contribution in [1.29, 1.82) is 0 Å². The number of imide groups is 1. The van der Waals surface area contributed by atoms with Gasteiger partial charge in [0.25, 0.3) is 11.8 Å². The van der Waals surface area contributed by atoms with Crippen LogP contribution in [0.5, 0.6) is 0 Å². The zero-order valence-electron chi connectivity index (χ0n) is 15.3. The summed E-state index contributed by atoms with van der Waals surface area (Å²) in [5.74, 6) is -1.16. The van der Waals surface area contributed by atoms with Crippen molar-refractivity contribution in [1.82, 2.24) is 4.90 Å². The highest BCUT2D eigenvalue weighted by molar-refractivity contribution is 8.26. The Balaban J connectivity index is 1.59. The van der Waals surface area contributed by atoms with Crippen molar-refractivity contribution in [2.45, 2.75) is 19.4 Å². The van der Waals surface area contributed by atoms with E-state index in [1.54, 1.807) is 42.5 Å². The summed E-state index contributed by atoms with van der Waals surface area (Å²) in [6.07, 6.45) is 1.61. The molecule has 2 aliphatic rings. The maximum atomic E-state index is 13.0. The SMILES string of the molecule is Cc1ccc(N2C(=O)C[C@H](N3C(=O)/C(=C\c4ccc(Cl)cc4)SC3=S)C2=O)cc1. The minimum Gasteiger partial charge on any atom is -0.280 e. The molecule has 3 amide bonds. The van der Waals surface area contributed by atoms with Crippen molar-refractivity contribution >= 4 is 69.4 Å². The minimum absolute atomic E-state index is 0.0899. The number of carbonyl (C=O) groups is 3. The van der Waals surface area contributed by atoms with Crippen LogP contribution >= 0.6 is 35.6 Å². The van der Waals surface area contributed by atoms with Gasteiger partial charge in [-0.05, 0) is 42.8 Å². The molecule has 0 unspecified atom stereocenters. The predicted octanol–water partition coefficient (Wildman–Crippen LogP) is 4.18. The summed E-state index contributed by atoms with van der Waals surface area (Å²) in [5.41, 5.74) is 2.31. The highest BCUT2D eigenvalue weighted by atomic mass is 35.5. The van der Waals surface area contributed by atoms with Gasteiger partial charge in [0.05, 0.1) is 17.0 Å². The number of amides is 3. The van der Waals surface area contributed by atoms with Gasteiger partial charge in [-0.2, -0.15) is 0 Å². The molecule has 0 aliphatic carbocycles. The zero-order chi connectivity index (χ0) is 20.7. The smallest absolute Gasteiger partial charge is 0.266 e. The Kier molecular flexibility index (Phi) is 5.29. The Morgan fingerprint density at radius 1 is 1.07 bits per heavy atom. The second-order valence-electron chi connectivity index (χ2n) is 6.73. The van der Waals surface area contributed by atoms with Gasteiger partial charge in [-0.3, -0.25) is 19.3 Å². The Morgan fingerprint density at radius 2 is 1.72 bits per heavy atom. The van der Waals surface area contributed by atoms with Gasteiger partial charge < -0.3 is 0 Å². The number of benzene rings is 2. The Bertz CT molecular complexity index is 1060. The molecule has 2 aliphatic heterocycles. The number of hydrogen-bond acceptors (Lipinski definition) is 5. The molecule has 0 N–H and O–H groups in total. The van der Waals surface area contributed by atoms with Gasteiger partial charge in [-0.1, -0.05) is 65.4 Å². The van der Waals surface area contributed by atoms with E-state index in [1.807, 2.05) is 19.1 Å². The Morgan fingerprint density at radius 3 is 2.38 bits per heavy atom. The van der Waals surface area contributed by atoms with Crippen LogP contribution in [0.2, 0.25) is 5.02 Å². The van der Waals surface area contributed by atoms with Gasteiger partial charge in [-0.25, -0.2) is 4.90 Å². The molecule has 2 aromatic rings. The first-order valence-electron chi connectivity index (χ1n) is 8.81. The number of anilines is 1. The lowest BCUT2D eigenvalue weighted by Gasteiger charge is -2.21. The molecule has 0 aromatic heterocycles. The number of nitrogens with zero attached hydrogens (tertiary/aromatic N) is 2. The summed E-state index contributed by atoms with van der Waals surface area (Å²) >= 11 is 12.4. The van der Waals surface area contributed by atoms with Crippen LogP contribution in [-0.4, -0.2) is 33.0 Å². The second kappa shape index (κ2) is 7.74. The average Bonchev–Trinajstić information content (AvgIpc) is 3.12. The van der Waals surface area contributed by atoms with Crippen LogP contribution in [-0.2, 0) is 14.4 Å². The lowest BCUT2D eigenvalue weighted by atomic mass is 10.2. The van der Waals surface area contributed by atoms with E-state index < -0.39 is 11.9 Å². The van der Waals surface area contributed by atoms with E-state index in [9.17, 15) is 14.4 Å². The van der Waals surface area contributed by atoms with Crippen LogP contribution in [0.25, 0.3) is 6.08 Å². The number of aryl methyl sites for hydroxylation is 1. The molecule has 1 atom stereocenters. The third-order valence-electron chi connectivity index (χ3n) is 4.72. The van der Waals surface area contributed by atoms with E-state index in [1.165, 1.54) is 4.90 Å². The molecule has 0 spiro atoms. The third-order valence-corrected chi connectivity index (χ3v) is 6.30. The number of carbonyl (C=O) groups excluding carboxylic acids is 3. The van der Waals surface area contributed by atoms with Crippen molar-refractivity contribution in [3.63, 3.8) is 0 Å². The molecule has 2 heterocycles. The lowest BCUT2D eigenvalue weighted by Crippen LogP contribution is -2.44. The molecular weight excluding hydrogens is 428 g/mol. The quantitative estimate of drug-likeness (QED) is 0.405. The molecule has 2 aromatic carbocycles. The van der Waals surface area contributed by atoms with Crippen molar-refractivity contribution in [3.05, 3.63) is 69.6 Å². The molecule has 0 bridgehead atoms. The van der Waals surface area contributed by atoms with Crippen LogP contribution in [0.4, 0.5) is 5.69 Å². The van der Waals surface area contributed by atoms with E-state index >= 15 is 0 Å². The highest BCUT2D eigenvalue weighted by Gasteiger charge is 2.48. The molecule has 8 heteroatoms. The van der Waals surface area contributed by atoms with Gasteiger partial charge >= 0.3 is 0 Å². The molecule has 0 radical (unpaired) electrons. The second-order valence-corrected chi connectivity index (χ2v) is 8.84. The molecule has 29 heavy (non-hydrogen) atoms. The number of rotatable bonds is 3. The normalized spacial score (nSPS) is 21.0. The molecule has 4 rings (SSSR count). The number of hydrogen-bond donors (Lipinski definition) is 0.